The second-order valence-corrected chi connectivity index (χ2v) is 19.8. The fourth-order valence-electron chi connectivity index (χ4n) is 6.31. The zero-order valence-corrected chi connectivity index (χ0v) is 29.3. The number of hydrogen-bond donors (Lipinski definition) is 0. The predicted molar refractivity (Wildman–Crippen MR) is 176 cm³/mol. The van der Waals surface area contributed by atoms with Gasteiger partial charge in [-0.15, -0.1) is 10.6 Å². The Bertz CT molecular complexity index is 1270. The van der Waals surface area contributed by atoms with Crippen molar-refractivity contribution in [3.05, 3.63) is 36.0 Å². The lowest BCUT2D eigenvalue weighted by atomic mass is 10.0. The summed E-state index contributed by atoms with van der Waals surface area (Å²) in [6.07, 6.45) is 2.18. The highest BCUT2D eigenvalue weighted by Crippen LogP contribution is 2.40. The summed E-state index contributed by atoms with van der Waals surface area (Å²) >= 11 is 0. The molecule has 2 heterocycles. The first-order chi connectivity index (χ1) is 20.0. The van der Waals surface area contributed by atoms with Gasteiger partial charge in [0.1, 0.15) is 25.4 Å². The highest BCUT2D eigenvalue weighted by atomic mass is 28.3. The first kappa shape index (κ1) is 34.4. The van der Waals surface area contributed by atoms with E-state index < -0.39 is 19.7 Å². The van der Waals surface area contributed by atoms with Gasteiger partial charge in [-0.2, -0.15) is 0 Å². The summed E-state index contributed by atoms with van der Waals surface area (Å²) in [7, 11) is -1.80. The van der Waals surface area contributed by atoms with Gasteiger partial charge in [-0.25, -0.2) is 9.48 Å². The lowest BCUT2D eigenvalue weighted by Gasteiger charge is -2.38. The van der Waals surface area contributed by atoms with Gasteiger partial charge in [0.05, 0.1) is 6.20 Å². The minimum Gasteiger partial charge on any atom is -0.444 e. The third-order valence-corrected chi connectivity index (χ3v) is 14.8. The van der Waals surface area contributed by atoms with Crippen LogP contribution in [0, 0.1) is 17.4 Å². The maximum absolute atomic E-state index is 13.7. The van der Waals surface area contributed by atoms with Crippen molar-refractivity contribution in [2.45, 2.75) is 111 Å². The molecule has 1 aliphatic heterocycles. The van der Waals surface area contributed by atoms with Gasteiger partial charge < -0.3 is 14.5 Å². The Kier molecular flexibility index (Phi) is 11.3. The Morgan fingerprint density at radius 3 is 1.91 bits per heavy atom. The number of piperazine rings is 1. The standard InChI is InChI=1S/C34H53N5O3Si/c1-24(2)22-31(32(40)37-17-19-38(20-18-37)33(41)42-34(9,10)11)39-23-30(35-36-39)29-14-12-28(13-15-29)16-21-43(25(3)4,26(5)6)27(7)8/h12-15,23-27,31H,17-20,22H2,1-11H3/t31-/m0/s1. The van der Waals surface area contributed by atoms with Crippen LogP contribution in [0.2, 0.25) is 16.6 Å². The van der Waals surface area contributed by atoms with Gasteiger partial charge in [-0.05, 0) is 61.9 Å². The summed E-state index contributed by atoms with van der Waals surface area (Å²) < 4.78 is 7.21. The van der Waals surface area contributed by atoms with Crippen LogP contribution >= 0.6 is 0 Å². The van der Waals surface area contributed by atoms with Gasteiger partial charge in [0, 0.05) is 37.3 Å². The Hall–Kier alpha value is -3.12. The van der Waals surface area contributed by atoms with Crippen molar-refractivity contribution in [1.82, 2.24) is 24.8 Å². The summed E-state index contributed by atoms with van der Waals surface area (Å²) in [6.45, 7) is 25.6. The van der Waals surface area contributed by atoms with Crippen LogP contribution in [0.25, 0.3) is 11.3 Å². The van der Waals surface area contributed by atoms with Gasteiger partial charge in [0.25, 0.3) is 0 Å². The molecule has 1 atom stereocenters. The van der Waals surface area contributed by atoms with Gasteiger partial charge in [0.15, 0.2) is 0 Å². The average molecular weight is 608 g/mol. The van der Waals surface area contributed by atoms with Crippen molar-refractivity contribution in [3.8, 4) is 22.7 Å². The van der Waals surface area contributed by atoms with E-state index in [1.807, 2.05) is 44.0 Å². The Morgan fingerprint density at radius 1 is 0.884 bits per heavy atom. The number of nitrogens with zero attached hydrogens (tertiary/aromatic N) is 5. The maximum Gasteiger partial charge on any atom is 0.410 e. The molecular formula is C34H53N5O3Si. The van der Waals surface area contributed by atoms with Crippen LogP contribution in [-0.4, -0.2) is 76.6 Å². The molecule has 0 N–H and O–H groups in total. The van der Waals surface area contributed by atoms with Crippen LogP contribution in [0.5, 0.6) is 0 Å². The lowest BCUT2D eigenvalue weighted by Crippen LogP contribution is -2.53. The molecule has 43 heavy (non-hydrogen) atoms. The van der Waals surface area contributed by atoms with Crippen LogP contribution in [0.3, 0.4) is 0 Å². The SMILES string of the molecule is CC(C)C[C@@H](C(=O)N1CCN(C(=O)OC(C)(C)C)CC1)n1cc(-c2ccc(C#C[Si](C(C)C)(C(C)C)C(C)C)cc2)nn1. The van der Waals surface area contributed by atoms with E-state index in [1.165, 1.54) is 0 Å². The maximum atomic E-state index is 13.7. The predicted octanol–water partition coefficient (Wildman–Crippen LogP) is 7.18. The fourth-order valence-corrected chi connectivity index (χ4v) is 11.5. The number of amides is 2. The summed E-state index contributed by atoms with van der Waals surface area (Å²) in [4.78, 5) is 29.7. The topological polar surface area (TPSA) is 80.6 Å². The fraction of sp³-hybridized carbons (Fsp3) is 0.647. The number of benzene rings is 1. The van der Waals surface area contributed by atoms with Crippen molar-refractivity contribution in [1.29, 1.82) is 0 Å². The molecule has 9 heteroatoms. The first-order valence-electron chi connectivity index (χ1n) is 15.9. The molecule has 3 rings (SSSR count). The van der Waals surface area contributed by atoms with E-state index >= 15 is 0 Å². The summed E-state index contributed by atoms with van der Waals surface area (Å²) in [6, 6.07) is 7.74. The number of carbonyl (C=O) groups excluding carboxylic acids is 2. The van der Waals surface area contributed by atoms with E-state index in [4.69, 9.17) is 4.74 Å². The molecule has 1 aliphatic rings. The monoisotopic (exact) mass is 607 g/mol. The second kappa shape index (κ2) is 14.1. The molecule has 1 aromatic carbocycles. The molecule has 1 aromatic heterocycles. The van der Waals surface area contributed by atoms with E-state index in [2.05, 4.69) is 89.3 Å². The molecule has 1 fully saturated rings. The van der Waals surface area contributed by atoms with E-state index in [0.717, 1.165) is 16.8 Å². The molecule has 0 unspecified atom stereocenters. The molecular weight excluding hydrogens is 554 g/mol. The molecule has 2 amide bonds. The van der Waals surface area contributed by atoms with E-state index in [1.54, 1.807) is 9.58 Å². The van der Waals surface area contributed by atoms with Gasteiger partial charge in [0.2, 0.25) is 5.91 Å². The number of hydrogen-bond acceptors (Lipinski definition) is 5. The summed E-state index contributed by atoms with van der Waals surface area (Å²) in [5.41, 5.74) is 7.69. The van der Waals surface area contributed by atoms with Crippen molar-refractivity contribution < 1.29 is 14.3 Å². The van der Waals surface area contributed by atoms with Crippen LogP contribution in [0.4, 0.5) is 4.79 Å². The average Bonchev–Trinajstić information content (AvgIpc) is 3.40. The van der Waals surface area contributed by atoms with Gasteiger partial charge in [-0.3, -0.25) is 4.79 Å². The van der Waals surface area contributed by atoms with Crippen molar-refractivity contribution in [2.24, 2.45) is 5.92 Å². The number of ether oxygens (including phenoxy) is 1. The highest BCUT2D eigenvalue weighted by Gasteiger charge is 2.41. The normalized spacial score (nSPS) is 15.2. The quantitative estimate of drug-likeness (QED) is 0.235. The van der Waals surface area contributed by atoms with Crippen LogP contribution < -0.4 is 0 Å². The van der Waals surface area contributed by atoms with Crippen molar-refractivity contribution in [2.75, 3.05) is 26.2 Å². The van der Waals surface area contributed by atoms with Gasteiger partial charge >= 0.3 is 6.09 Å². The molecule has 0 bridgehead atoms. The third kappa shape index (κ3) is 8.50. The van der Waals surface area contributed by atoms with Crippen LogP contribution in [-0.2, 0) is 9.53 Å². The molecule has 0 radical (unpaired) electrons. The molecule has 2 aromatic rings. The highest BCUT2D eigenvalue weighted by molar-refractivity contribution is 6.90. The van der Waals surface area contributed by atoms with Gasteiger partial charge in [-0.1, -0.05) is 78.7 Å². The zero-order valence-electron chi connectivity index (χ0n) is 28.3. The zero-order chi connectivity index (χ0) is 32.1. The molecule has 8 nitrogen and oxygen atoms in total. The third-order valence-electron chi connectivity index (χ3n) is 8.52. The lowest BCUT2D eigenvalue weighted by molar-refractivity contribution is -0.137. The van der Waals surface area contributed by atoms with E-state index in [9.17, 15) is 9.59 Å². The molecule has 0 saturated carbocycles. The summed E-state index contributed by atoms with van der Waals surface area (Å²) in [5.74, 6) is 3.81. The first-order valence-corrected chi connectivity index (χ1v) is 18.1. The Labute approximate surface area is 260 Å². The number of rotatable bonds is 8. The number of carbonyl (C=O) groups is 2. The molecule has 236 valence electrons. The van der Waals surface area contributed by atoms with Crippen molar-refractivity contribution in [3.63, 3.8) is 0 Å². The van der Waals surface area contributed by atoms with Crippen LogP contribution in [0.1, 0.15) is 94.2 Å². The van der Waals surface area contributed by atoms with Crippen molar-refractivity contribution >= 4 is 20.1 Å². The van der Waals surface area contributed by atoms with Crippen LogP contribution in [0.15, 0.2) is 30.5 Å². The largest absolute Gasteiger partial charge is 0.444 e. The van der Waals surface area contributed by atoms with E-state index in [-0.39, 0.29) is 12.0 Å². The Morgan fingerprint density at radius 2 is 1.42 bits per heavy atom. The summed E-state index contributed by atoms with van der Waals surface area (Å²) in [5, 5.41) is 8.85. The minimum absolute atomic E-state index is 0.00715. The minimum atomic E-state index is -1.80. The van der Waals surface area contributed by atoms with E-state index in [0.29, 0.717) is 55.1 Å². The molecule has 0 spiro atoms. The second-order valence-electron chi connectivity index (χ2n) is 14.2. The smallest absolute Gasteiger partial charge is 0.410 e. The molecule has 0 aliphatic carbocycles. The molecule has 1 saturated heterocycles. The Balaban J connectivity index is 1.75. The number of aromatic nitrogens is 3.